The predicted molar refractivity (Wildman–Crippen MR) is 95.5 cm³/mol. The lowest BCUT2D eigenvalue weighted by atomic mass is 10.1. The zero-order valence-corrected chi connectivity index (χ0v) is 14.4. The van der Waals surface area contributed by atoms with Gasteiger partial charge >= 0.3 is 0 Å². The largest absolute Gasteiger partial charge is 0.492 e. The molecule has 1 heterocycles. The van der Waals surface area contributed by atoms with Crippen LogP contribution in [0.25, 0.3) is 0 Å². The summed E-state index contributed by atoms with van der Waals surface area (Å²) in [6, 6.07) is 7.30. The van der Waals surface area contributed by atoms with Gasteiger partial charge in [0, 0.05) is 6.54 Å². The Hall–Kier alpha value is -2.63. The third-order valence-corrected chi connectivity index (χ3v) is 3.35. The molecule has 6 heteroatoms. The van der Waals surface area contributed by atoms with Gasteiger partial charge in [-0.15, -0.1) is 0 Å². The number of hydrogen-bond donors (Lipinski definition) is 2. The average Bonchev–Trinajstić information content (AvgIpc) is 2.57. The summed E-state index contributed by atoms with van der Waals surface area (Å²) in [6.45, 7) is 7.60. The van der Waals surface area contributed by atoms with Gasteiger partial charge in [0.15, 0.2) is 0 Å². The number of para-hydroxylation sites is 2. The summed E-state index contributed by atoms with van der Waals surface area (Å²) < 4.78 is 5.50. The van der Waals surface area contributed by atoms with Crippen LogP contribution < -0.4 is 15.4 Å². The molecule has 0 unspecified atom stereocenters. The Balaban J connectivity index is 1.98. The lowest BCUT2D eigenvalue weighted by molar-refractivity contribution is 0.102. The lowest BCUT2D eigenvalue weighted by Gasteiger charge is -2.11. The maximum absolute atomic E-state index is 12.3. The molecule has 2 N–H and O–H groups in total. The molecule has 0 saturated heterocycles. The zero-order chi connectivity index (χ0) is 17.4. The minimum absolute atomic E-state index is 0.260. The molecule has 0 atom stereocenters. The normalized spacial score (nSPS) is 10.5. The van der Waals surface area contributed by atoms with E-state index in [0.29, 0.717) is 29.8 Å². The summed E-state index contributed by atoms with van der Waals surface area (Å²) >= 11 is 0. The fourth-order valence-corrected chi connectivity index (χ4v) is 2.06. The van der Waals surface area contributed by atoms with Crippen LogP contribution in [0, 0.1) is 5.92 Å². The van der Waals surface area contributed by atoms with E-state index in [0.717, 1.165) is 13.0 Å². The number of benzene rings is 1. The number of rotatable bonds is 8. The number of hydrogen-bond acceptors (Lipinski definition) is 5. The molecule has 0 aliphatic rings. The summed E-state index contributed by atoms with van der Waals surface area (Å²) in [5.74, 6) is 1.61. The van der Waals surface area contributed by atoms with Crippen LogP contribution in [0.4, 0.5) is 11.5 Å². The van der Waals surface area contributed by atoms with Gasteiger partial charge in [-0.3, -0.25) is 4.79 Å². The summed E-state index contributed by atoms with van der Waals surface area (Å²) in [6.07, 6.45) is 4.10. The molecule has 6 nitrogen and oxygen atoms in total. The smallest absolute Gasteiger partial charge is 0.275 e. The van der Waals surface area contributed by atoms with Crippen LogP contribution in [-0.4, -0.2) is 29.0 Å². The number of carbonyl (C=O) groups is 1. The predicted octanol–water partition coefficient (Wildman–Crippen LogP) is 3.59. The quantitative estimate of drug-likeness (QED) is 0.774. The maximum atomic E-state index is 12.3. The van der Waals surface area contributed by atoms with Crippen LogP contribution in [-0.2, 0) is 0 Å². The average molecular weight is 328 g/mol. The van der Waals surface area contributed by atoms with Crippen molar-refractivity contribution in [2.45, 2.75) is 27.2 Å². The molecule has 0 saturated carbocycles. The van der Waals surface area contributed by atoms with Crippen molar-refractivity contribution in [3.8, 4) is 5.75 Å². The molecule has 1 aromatic carbocycles. The highest BCUT2D eigenvalue weighted by Crippen LogP contribution is 2.24. The number of nitrogens with one attached hydrogen (secondary N) is 2. The van der Waals surface area contributed by atoms with E-state index in [1.54, 1.807) is 12.3 Å². The van der Waals surface area contributed by atoms with Gasteiger partial charge in [-0.1, -0.05) is 26.0 Å². The van der Waals surface area contributed by atoms with Crippen LogP contribution in [0.2, 0.25) is 0 Å². The van der Waals surface area contributed by atoms with Gasteiger partial charge in [0.2, 0.25) is 0 Å². The number of nitrogens with zero attached hydrogens (tertiary/aromatic N) is 2. The van der Waals surface area contributed by atoms with E-state index in [1.165, 1.54) is 6.20 Å². The number of aromatic nitrogens is 2. The Morgan fingerprint density at radius 3 is 2.67 bits per heavy atom. The van der Waals surface area contributed by atoms with Crippen molar-refractivity contribution in [3.05, 3.63) is 42.4 Å². The molecule has 0 aliphatic carbocycles. The van der Waals surface area contributed by atoms with Gasteiger partial charge < -0.3 is 15.4 Å². The van der Waals surface area contributed by atoms with Gasteiger partial charge in [0.05, 0.1) is 24.7 Å². The van der Waals surface area contributed by atoms with E-state index in [4.69, 9.17) is 4.74 Å². The molecule has 0 spiro atoms. The lowest BCUT2D eigenvalue weighted by Crippen LogP contribution is -2.15. The second-order valence-corrected chi connectivity index (χ2v) is 5.78. The number of carbonyl (C=O) groups excluding carboxylic acids is 1. The Morgan fingerprint density at radius 1 is 1.21 bits per heavy atom. The second-order valence-electron chi connectivity index (χ2n) is 5.78. The fourth-order valence-electron chi connectivity index (χ4n) is 2.06. The highest BCUT2D eigenvalue weighted by Gasteiger charge is 2.11. The minimum atomic E-state index is -0.316. The Labute approximate surface area is 142 Å². The molecule has 24 heavy (non-hydrogen) atoms. The van der Waals surface area contributed by atoms with Gasteiger partial charge in [-0.25, -0.2) is 9.97 Å². The summed E-state index contributed by atoms with van der Waals surface area (Å²) in [5.41, 5.74) is 0.876. The first-order chi connectivity index (χ1) is 11.6. The highest BCUT2D eigenvalue weighted by atomic mass is 16.5. The minimum Gasteiger partial charge on any atom is -0.492 e. The Morgan fingerprint density at radius 2 is 2.00 bits per heavy atom. The van der Waals surface area contributed by atoms with Crippen molar-refractivity contribution in [1.82, 2.24) is 9.97 Å². The molecule has 0 fully saturated rings. The molecule has 2 aromatic rings. The molecule has 2 rings (SSSR count). The van der Waals surface area contributed by atoms with Crippen LogP contribution in [0.1, 0.15) is 37.7 Å². The highest BCUT2D eigenvalue weighted by molar-refractivity contribution is 6.03. The Bertz CT molecular complexity index is 656. The van der Waals surface area contributed by atoms with Crippen LogP contribution >= 0.6 is 0 Å². The van der Waals surface area contributed by atoms with Crippen molar-refractivity contribution < 1.29 is 9.53 Å². The number of amides is 1. The van der Waals surface area contributed by atoms with E-state index >= 15 is 0 Å². The molecule has 128 valence electrons. The van der Waals surface area contributed by atoms with Crippen LogP contribution in [0.5, 0.6) is 5.75 Å². The van der Waals surface area contributed by atoms with Gasteiger partial charge in [0.1, 0.15) is 17.3 Å². The van der Waals surface area contributed by atoms with Crippen molar-refractivity contribution >= 4 is 17.4 Å². The summed E-state index contributed by atoms with van der Waals surface area (Å²) in [5, 5.41) is 5.99. The molecular weight excluding hydrogens is 304 g/mol. The molecule has 1 amide bonds. The molecule has 0 bridgehead atoms. The van der Waals surface area contributed by atoms with Crippen LogP contribution in [0.15, 0.2) is 36.7 Å². The SMILES string of the molecule is CCOc1ccccc1NC(=O)c1cnc(NCCC(C)C)cn1. The van der Waals surface area contributed by atoms with E-state index in [2.05, 4.69) is 34.4 Å². The van der Waals surface area contributed by atoms with E-state index in [1.807, 2.05) is 25.1 Å². The third kappa shape index (κ3) is 5.22. The standard InChI is InChI=1S/C18H24N4O2/c1-4-24-16-8-6-5-7-14(16)22-18(23)15-11-21-17(12-20-15)19-10-9-13(2)3/h5-8,11-13H,4,9-10H2,1-3H3,(H,19,21)(H,22,23). The Kier molecular flexibility index (Phi) is 6.54. The van der Waals surface area contributed by atoms with E-state index in [-0.39, 0.29) is 11.6 Å². The number of ether oxygens (including phenoxy) is 1. The first-order valence-electron chi connectivity index (χ1n) is 8.19. The monoisotopic (exact) mass is 328 g/mol. The van der Waals surface area contributed by atoms with Gasteiger partial charge in [-0.05, 0) is 31.4 Å². The zero-order valence-electron chi connectivity index (χ0n) is 14.4. The van der Waals surface area contributed by atoms with Gasteiger partial charge in [-0.2, -0.15) is 0 Å². The summed E-state index contributed by atoms with van der Waals surface area (Å²) in [4.78, 5) is 20.7. The van der Waals surface area contributed by atoms with Crippen molar-refractivity contribution in [2.24, 2.45) is 5.92 Å². The topological polar surface area (TPSA) is 76.1 Å². The van der Waals surface area contributed by atoms with Crippen LogP contribution in [0.3, 0.4) is 0 Å². The maximum Gasteiger partial charge on any atom is 0.275 e. The van der Waals surface area contributed by atoms with Gasteiger partial charge in [0.25, 0.3) is 5.91 Å². The van der Waals surface area contributed by atoms with E-state index in [9.17, 15) is 4.79 Å². The summed E-state index contributed by atoms with van der Waals surface area (Å²) in [7, 11) is 0. The molecule has 0 radical (unpaired) electrons. The molecular formula is C18H24N4O2. The van der Waals surface area contributed by atoms with Crippen molar-refractivity contribution in [3.63, 3.8) is 0 Å². The van der Waals surface area contributed by atoms with E-state index < -0.39 is 0 Å². The fraction of sp³-hybridized carbons (Fsp3) is 0.389. The first kappa shape index (κ1) is 17.7. The first-order valence-corrected chi connectivity index (χ1v) is 8.19. The molecule has 0 aliphatic heterocycles. The number of anilines is 2. The van der Waals surface area contributed by atoms with Crippen molar-refractivity contribution in [1.29, 1.82) is 0 Å². The third-order valence-electron chi connectivity index (χ3n) is 3.35. The molecule has 1 aromatic heterocycles. The van der Waals surface area contributed by atoms with Crippen molar-refractivity contribution in [2.75, 3.05) is 23.8 Å². The second kappa shape index (κ2) is 8.86.